The van der Waals surface area contributed by atoms with Gasteiger partial charge in [0.1, 0.15) is 23.8 Å². The van der Waals surface area contributed by atoms with Crippen molar-refractivity contribution >= 4 is 23.3 Å². The van der Waals surface area contributed by atoms with Crippen molar-refractivity contribution in [2.45, 2.75) is 13.1 Å². The minimum atomic E-state index is -0.498. The minimum absolute atomic E-state index is 0.0194. The van der Waals surface area contributed by atoms with Crippen LogP contribution in [0.15, 0.2) is 42.5 Å². The Morgan fingerprint density at radius 3 is 2.34 bits per heavy atom. The number of nitrogens with two attached hydrogens (primary N) is 1. The summed E-state index contributed by atoms with van der Waals surface area (Å²) in [4.78, 5) is 24.9. The second-order valence-electron chi connectivity index (χ2n) is 6.63. The summed E-state index contributed by atoms with van der Waals surface area (Å²) < 4.78 is 16.6. The number of nitrogens with one attached hydrogen (secondary N) is 2. The van der Waals surface area contributed by atoms with E-state index >= 15 is 0 Å². The van der Waals surface area contributed by atoms with E-state index in [0.29, 0.717) is 17.2 Å². The number of nitrogens with zero attached hydrogens (tertiary/aromatic N) is 3. The van der Waals surface area contributed by atoms with Gasteiger partial charge in [0.2, 0.25) is 5.91 Å². The van der Waals surface area contributed by atoms with E-state index < -0.39 is 11.8 Å². The highest BCUT2D eigenvalue weighted by molar-refractivity contribution is 5.97. The van der Waals surface area contributed by atoms with Crippen LogP contribution in [-0.4, -0.2) is 48.1 Å². The fraction of sp³-hybridized carbons (Fsp3) is 0.238. The number of anilines is 2. The third kappa shape index (κ3) is 5.25. The first-order valence-corrected chi connectivity index (χ1v) is 9.57. The van der Waals surface area contributed by atoms with Crippen LogP contribution in [0.5, 0.6) is 17.2 Å². The lowest BCUT2D eigenvalue weighted by molar-refractivity contribution is -0.116. The first-order chi connectivity index (χ1) is 15.4. The van der Waals surface area contributed by atoms with E-state index in [1.807, 2.05) is 12.1 Å². The molecule has 0 aliphatic rings. The summed E-state index contributed by atoms with van der Waals surface area (Å²) in [5.74, 6) is 0.803. The van der Waals surface area contributed by atoms with Crippen LogP contribution in [0.25, 0.3) is 0 Å². The zero-order chi connectivity index (χ0) is 23.1. The molecule has 0 aliphatic carbocycles. The molecule has 3 rings (SSSR count). The molecule has 1 heterocycles. The Bertz CT molecular complexity index is 1100. The van der Waals surface area contributed by atoms with Gasteiger partial charge in [-0.2, -0.15) is 0 Å². The van der Waals surface area contributed by atoms with Gasteiger partial charge in [-0.3, -0.25) is 9.59 Å². The van der Waals surface area contributed by atoms with Crippen LogP contribution < -0.4 is 30.6 Å². The Morgan fingerprint density at radius 2 is 1.69 bits per heavy atom. The Kier molecular flexibility index (Phi) is 7.11. The Hall–Kier alpha value is -4.28. The number of amides is 2. The third-order valence-electron chi connectivity index (χ3n) is 4.58. The van der Waals surface area contributed by atoms with E-state index in [0.717, 1.165) is 16.0 Å². The van der Waals surface area contributed by atoms with Gasteiger partial charge < -0.3 is 30.6 Å². The number of methoxy groups -OCH3 is 3. The number of rotatable bonds is 9. The molecule has 11 heteroatoms. The Balaban J connectivity index is 1.61. The van der Waals surface area contributed by atoms with Crippen LogP contribution in [0.2, 0.25) is 0 Å². The number of benzene rings is 2. The minimum Gasteiger partial charge on any atom is -0.497 e. The Morgan fingerprint density at radius 1 is 1.00 bits per heavy atom. The average molecular weight is 440 g/mol. The van der Waals surface area contributed by atoms with Gasteiger partial charge in [0.15, 0.2) is 11.5 Å². The van der Waals surface area contributed by atoms with Crippen molar-refractivity contribution in [1.82, 2.24) is 20.3 Å². The molecule has 2 aromatic carbocycles. The highest BCUT2D eigenvalue weighted by atomic mass is 16.5. The summed E-state index contributed by atoms with van der Waals surface area (Å²) in [5.41, 5.74) is 7.25. The normalized spacial score (nSPS) is 10.3. The van der Waals surface area contributed by atoms with Gasteiger partial charge in [-0.05, 0) is 29.8 Å². The van der Waals surface area contributed by atoms with Gasteiger partial charge in [0, 0.05) is 12.6 Å². The molecule has 0 bridgehead atoms. The zero-order valence-corrected chi connectivity index (χ0v) is 17.9. The number of ether oxygens (including phenoxy) is 3. The molecule has 4 N–H and O–H groups in total. The third-order valence-corrected chi connectivity index (χ3v) is 4.58. The first-order valence-electron chi connectivity index (χ1n) is 9.57. The Labute approximate surface area is 184 Å². The highest BCUT2D eigenvalue weighted by Gasteiger charge is 2.19. The summed E-state index contributed by atoms with van der Waals surface area (Å²) in [5, 5.41) is 13.1. The summed E-state index contributed by atoms with van der Waals surface area (Å²) in [7, 11) is 4.60. The van der Waals surface area contributed by atoms with Crippen LogP contribution in [0.1, 0.15) is 16.1 Å². The number of carbonyl (C=O) groups excluding carboxylic acids is 2. The monoisotopic (exact) mass is 440 g/mol. The lowest BCUT2D eigenvalue weighted by Crippen LogP contribution is -2.25. The van der Waals surface area contributed by atoms with Gasteiger partial charge >= 0.3 is 0 Å². The first kappa shape index (κ1) is 22.4. The lowest BCUT2D eigenvalue weighted by atomic mass is 10.2. The van der Waals surface area contributed by atoms with E-state index in [9.17, 15) is 9.59 Å². The average Bonchev–Trinajstić information content (AvgIpc) is 3.17. The molecular formula is C21H24N6O5. The number of hydrogen-bond acceptors (Lipinski definition) is 8. The van der Waals surface area contributed by atoms with E-state index in [1.54, 1.807) is 37.4 Å². The maximum atomic E-state index is 12.4. The standard InChI is InChI=1S/C21H24N6O5/c1-30-14-6-4-13(5-7-14)11-23-21(29)19-20(22)27(26-25-19)12-18(28)24-16-9-8-15(31-2)10-17(16)32-3/h4-10H,11-12,22H2,1-3H3,(H,23,29)(H,24,28). The van der Waals surface area contributed by atoms with Gasteiger partial charge in [-0.25, -0.2) is 4.68 Å². The molecule has 0 spiro atoms. The molecular weight excluding hydrogens is 416 g/mol. The quantitative estimate of drug-likeness (QED) is 0.454. The molecule has 0 unspecified atom stereocenters. The van der Waals surface area contributed by atoms with E-state index in [1.165, 1.54) is 14.2 Å². The molecule has 0 radical (unpaired) electrons. The fourth-order valence-corrected chi connectivity index (χ4v) is 2.84. The summed E-state index contributed by atoms with van der Waals surface area (Å²) in [6.45, 7) is 0.0344. The van der Waals surface area contributed by atoms with Crippen molar-refractivity contribution < 1.29 is 23.8 Å². The second kappa shape index (κ2) is 10.2. The highest BCUT2D eigenvalue weighted by Crippen LogP contribution is 2.29. The molecule has 32 heavy (non-hydrogen) atoms. The number of aromatic nitrogens is 3. The summed E-state index contributed by atoms with van der Waals surface area (Å²) >= 11 is 0. The number of hydrogen-bond donors (Lipinski definition) is 3. The van der Waals surface area contributed by atoms with Crippen LogP contribution in [0.3, 0.4) is 0 Å². The molecule has 2 amide bonds. The summed E-state index contributed by atoms with van der Waals surface area (Å²) in [6, 6.07) is 12.2. The van der Waals surface area contributed by atoms with Gasteiger partial charge in [-0.1, -0.05) is 17.3 Å². The molecule has 3 aromatic rings. The molecule has 168 valence electrons. The van der Waals surface area contributed by atoms with Crippen molar-refractivity contribution in [1.29, 1.82) is 0 Å². The molecule has 11 nitrogen and oxygen atoms in total. The van der Waals surface area contributed by atoms with Gasteiger partial charge in [-0.15, -0.1) is 5.10 Å². The molecule has 0 saturated heterocycles. The number of nitrogen functional groups attached to an aromatic ring is 1. The topological polar surface area (TPSA) is 143 Å². The molecule has 0 fully saturated rings. The van der Waals surface area contributed by atoms with Gasteiger partial charge in [0.25, 0.3) is 5.91 Å². The molecule has 0 aliphatic heterocycles. The fourth-order valence-electron chi connectivity index (χ4n) is 2.84. The van der Waals surface area contributed by atoms with E-state index in [4.69, 9.17) is 19.9 Å². The van der Waals surface area contributed by atoms with Crippen molar-refractivity contribution in [2.75, 3.05) is 32.4 Å². The molecule has 0 saturated carbocycles. The van der Waals surface area contributed by atoms with Gasteiger partial charge in [0.05, 0.1) is 27.0 Å². The predicted octanol–water partition coefficient (Wildman–Crippen LogP) is 1.45. The maximum Gasteiger partial charge on any atom is 0.275 e. The van der Waals surface area contributed by atoms with Crippen molar-refractivity contribution in [3.05, 3.63) is 53.7 Å². The van der Waals surface area contributed by atoms with Crippen LogP contribution in [0, 0.1) is 0 Å². The lowest BCUT2D eigenvalue weighted by Gasteiger charge is -2.11. The van der Waals surface area contributed by atoms with Crippen LogP contribution in [-0.2, 0) is 17.9 Å². The van der Waals surface area contributed by atoms with Crippen LogP contribution >= 0.6 is 0 Å². The number of carbonyl (C=O) groups is 2. The smallest absolute Gasteiger partial charge is 0.275 e. The van der Waals surface area contributed by atoms with Crippen molar-refractivity contribution in [3.63, 3.8) is 0 Å². The van der Waals surface area contributed by atoms with Crippen molar-refractivity contribution in [2.24, 2.45) is 0 Å². The van der Waals surface area contributed by atoms with E-state index in [2.05, 4.69) is 20.9 Å². The van der Waals surface area contributed by atoms with Crippen molar-refractivity contribution in [3.8, 4) is 17.2 Å². The van der Waals surface area contributed by atoms with Crippen LogP contribution in [0.4, 0.5) is 11.5 Å². The predicted molar refractivity (Wildman–Crippen MR) is 117 cm³/mol. The molecule has 1 aromatic heterocycles. The zero-order valence-electron chi connectivity index (χ0n) is 17.9. The summed E-state index contributed by atoms with van der Waals surface area (Å²) in [6.07, 6.45) is 0. The molecule has 0 atom stereocenters. The van der Waals surface area contributed by atoms with E-state index in [-0.39, 0.29) is 24.6 Å². The maximum absolute atomic E-state index is 12.4. The largest absolute Gasteiger partial charge is 0.497 e. The second-order valence-corrected chi connectivity index (χ2v) is 6.63. The SMILES string of the molecule is COc1ccc(CNC(=O)c2nnn(CC(=O)Nc3ccc(OC)cc3OC)c2N)cc1.